The summed E-state index contributed by atoms with van der Waals surface area (Å²) in [7, 11) is 0. The van der Waals surface area contributed by atoms with Gasteiger partial charge in [0.15, 0.2) is 0 Å². The Hall–Kier alpha value is -3.45. The van der Waals surface area contributed by atoms with Crippen LogP contribution >= 0.6 is 0 Å². The molecule has 2 aromatic rings. The first kappa shape index (κ1) is 27.6. The number of carbonyl (C=O) groups is 3. The van der Waals surface area contributed by atoms with Crippen LogP contribution in [0.4, 0.5) is 0 Å². The Morgan fingerprint density at radius 1 is 0.947 bits per heavy atom. The molecule has 1 aliphatic carbocycles. The lowest BCUT2D eigenvalue weighted by Gasteiger charge is -2.29. The fraction of sp³-hybridized carbons (Fsp3) is 0.452. The quantitative estimate of drug-likeness (QED) is 0.379. The monoisotopic (exact) mass is 518 g/mol. The van der Waals surface area contributed by atoms with Crippen LogP contribution in [0.15, 0.2) is 72.8 Å². The van der Waals surface area contributed by atoms with Gasteiger partial charge in [-0.2, -0.15) is 0 Å². The van der Waals surface area contributed by atoms with E-state index in [9.17, 15) is 19.5 Å². The van der Waals surface area contributed by atoms with Gasteiger partial charge in [0.1, 0.15) is 6.10 Å². The lowest BCUT2D eigenvalue weighted by atomic mass is 9.93. The predicted molar refractivity (Wildman–Crippen MR) is 145 cm³/mol. The molecule has 0 radical (unpaired) electrons. The first-order chi connectivity index (χ1) is 18.5. The van der Waals surface area contributed by atoms with E-state index in [1.807, 2.05) is 72.8 Å². The van der Waals surface area contributed by atoms with Gasteiger partial charge in [-0.05, 0) is 43.2 Å². The summed E-state index contributed by atoms with van der Waals surface area (Å²) in [5.41, 5.74) is 1.28. The van der Waals surface area contributed by atoms with Gasteiger partial charge in [-0.15, -0.1) is 0 Å². The van der Waals surface area contributed by atoms with Crippen molar-refractivity contribution in [3.8, 4) is 0 Å². The van der Waals surface area contributed by atoms with Crippen LogP contribution in [0.5, 0.6) is 0 Å². The Bertz CT molecular complexity index is 1100. The lowest BCUT2D eigenvalue weighted by molar-refractivity contribution is -0.154. The molecule has 3 N–H and O–H groups in total. The molecule has 202 valence electrons. The van der Waals surface area contributed by atoms with Crippen LogP contribution in [-0.4, -0.2) is 41.6 Å². The molecule has 0 spiro atoms. The Labute approximate surface area is 224 Å². The number of benzene rings is 2. The number of aliphatic hydroxyl groups is 1. The van der Waals surface area contributed by atoms with Gasteiger partial charge in [0.05, 0.1) is 30.5 Å². The predicted octanol–water partition coefficient (Wildman–Crippen LogP) is 4.02. The average Bonchev–Trinajstić information content (AvgIpc) is 3.40. The summed E-state index contributed by atoms with van der Waals surface area (Å²) in [6.45, 7) is 0.0253. The second-order valence-corrected chi connectivity index (χ2v) is 10.5. The number of cyclic esters (lactones) is 1. The summed E-state index contributed by atoms with van der Waals surface area (Å²) < 4.78 is 5.98. The van der Waals surface area contributed by atoms with Crippen LogP contribution in [0.1, 0.15) is 62.2 Å². The number of nitrogens with one attached hydrogen (secondary N) is 2. The van der Waals surface area contributed by atoms with E-state index >= 15 is 0 Å². The van der Waals surface area contributed by atoms with Crippen molar-refractivity contribution in [2.24, 2.45) is 11.8 Å². The molecule has 4 rings (SSSR count). The van der Waals surface area contributed by atoms with Crippen LogP contribution in [0, 0.1) is 11.8 Å². The Morgan fingerprint density at radius 2 is 1.58 bits per heavy atom. The molecule has 7 heteroatoms. The maximum Gasteiger partial charge on any atom is 0.310 e. The summed E-state index contributed by atoms with van der Waals surface area (Å²) in [6, 6.07) is 19.2. The van der Waals surface area contributed by atoms with E-state index in [0.717, 1.165) is 36.8 Å². The van der Waals surface area contributed by atoms with E-state index in [2.05, 4.69) is 10.6 Å². The van der Waals surface area contributed by atoms with Crippen molar-refractivity contribution in [1.29, 1.82) is 0 Å². The third-order valence-corrected chi connectivity index (χ3v) is 7.63. The number of amides is 2. The number of allylic oxidation sites excluding steroid dienone is 2. The number of aliphatic hydroxyl groups excluding tert-OH is 1. The molecule has 1 heterocycles. The van der Waals surface area contributed by atoms with Crippen molar-refractivity contribution in [3.05, 3.63) is 83.9 Å². The average molecular weight is 519 g/mol. The SMILES string of the molecule is O=C(C[C@H]1CC=CC[C@H](Cc2ccccc2)C(=O)O[C@@H](c2ccccc2)CNC1=O)NC1(CO)CCCC1. The fourth-order valence-electron chi connectivity index (χ4n) is 5.38. The summed E-state index contributed by atoms with van der Waals surface area (Å²) in [4.78, 5) is 39.4. The van der Waals surface area contributed by atoms with Crippen molar-refractivity contribution in [2.45, 2.75) is 63.0 Å². The van der Waals surface area contributed by atoms with Crippen molar-refractivity contribution in [3.63, 3.8) is 0 Å². The Morgan fingerprint density at radius 3 is 2.24 bits per heavy atom. The molecule has 1 saturated carbocycles. The maximum atomic E-state index is 13.3. The number of ether oxygens (including phenoxy) is 1. The largest absolute Gasteiger partial charge is 0.455 e. The molecule has 0 saturated heterocycles. The van der Waals surface area contributed by atoms with E-state index in [1.54, 1.807) is 0 Å². The van der Waals surface area contributed by atoms with E-state index < -0.39 is 17.6 Å². The highest BCUT2D eigenvalue weighted by atomic mass is 16.5. The minimum Gasteiger partial charge on any atom is -0.455 e. The third kappa shape index (κ3) is 7.54. The van der Waals surface area contributed by atoms with E-state index in [4.69, 9.17) is 4.74 Å². The van der Waals surface area contributed by atoms with Crippen molar-refractivity contribution in [1.82, 2.24) is 10.6 Å². The molecule has 3 atom stereocenters. The van der Waals surface area contributed by atoms with Crippen LogP contribution in [-0.2, 0) is 25.5 Å². The number of carbonyl (C=O) groups excluding carboxylic acids is 3. The summed E-state index contributed by atoms with van der Waals surface area (Å²) in [5.74, 6) is -1.72. The van der Waals surface area contributed by atoms with Gasteiger partial charge in [-0.25, -0.2) is 0 Å². The van der Waals surface area contributed by atoms with Crippen molar-refractivity contribution in [2.75, 3.05) is 13.2 Å². The van der Waals surface area contributed by atoms with Crippen LogP contribution in [0.25, 0.3) is 0 Å². The zero-order valence-corrected chi connectivity index (χ0v) is 21.8. The normalized spacial score (nSPS) is 24.0. The third-order valence-electron chi connectivity index (χ3n) is 7.63. The standard InChI is InChI=1S/C31H38N2O5/c34-22-31(17-9-10-18-31)33-28(35)20-25-15-7-8-16-26(19-23-11-3-1-4-12-23)30(37)38-27(21-32-29(25)36)24-13-5-2-6-14-24/h1-8,11-14,25-27,34H,9-10,15-22H2,(H,32,36)(H,33,35)/t25-,26-,27-/m1/s1. The van der Waals surface area contributed by atoms with Gasteiger partial charge in [0.2, 0.25) is 11.8 Å². The maximum absolute atomic E-state index is 13.3. The van der Waals surface area contributed by atoms with E-state index in [-0.39, 0.29) is 43.3 Å². The Balaban J connectivity index is 1.52. The molecule has 7 nitrogen and oxygen atoms in total. The van der Waals surface area contributed by atoms with Crippen molar-refractivity contribution < 1.29 is 24.2 Å². The molecule has 0 aromatic heterocycles. The minimum absolute atomic E-state index is 0.0289. The zero-order chi connectivity index (χ0) is 26.8. The van der Waals surface area contributed by atoms with Crippen LogP contribution < -0.4 is 10.6 Å². The summed E-state index contributed by atoms with van der Waals surface area (Å²) >= 11 is 0. The van der Waals surface area contributed by atoms with E-state index in [1.165, 1.54) is 0 Å². The van der Waals surface area contributed by atoms with Crippen LogP contribution in [0.2, 0.25) is 0 Å². The van der Waals surface area contributed by atoms with Gasteiger partial charge >= 0.3 is 5.97 Å². The summed E-state index contributed by atoms with van der Waals surface area (Å²) in [6.07, 6.45) is 8.03. The molecule has 2 aromatic carbocycles. The molecule has 1 aliphatic heterocycles. The lowest BCUT2D eigenvalue weighted by Crippen LogP contribution is -2.50. The number of hydrogen-bond acceptors (Lipinski definition) is 5. The number of rotatable bonds is 7. The van der Waals surface area contributed by atoms with Gasteiger partial charge in [0.25, 0.3) is 0 Å². The topological polar surface area (TPSA) is 105 Å². The van der Waals surface area contributed by atoms with Crippen LogP contribution in [0.3, 0.4) is 0 Å². The summed E-state index contributed by atoms with van der Waals surface area (Å²) in [5, 5.41) is 15.8. The van der Waals surface area contributed by atoms with Gasteiger partial charge in [-0.1, -0.05) is 85.7 Å². The van der Waals surface area contributed by atoms with Crippen molar-refractivity contribution >= 4 is 17.8 Å². The minimum atomic E-state index is -0.639. The first-order valence-corrected chi connectivity index (χ1v) is 13.6. The molecule has 2 amide bonds. The zero-order valence-electron chi connectivity index (χ0n) is 21.8. The Kier molecular flexibility index (Phi) is 9.71. The van der Waals surface area contributed by atoms with Gasteiger partial charge in [0, 0.05) is 6.42 Å². The highest BCUT2D eigenvalue weighted by Gasteiger charge is 2.35. The molecular formula is C31H38N2O5. The number of hydrogen-bond donors (Lipinski definition) is 3. The molecule has 0 bridgehead atoms. The smallest absolute Gasteiger partial charge is 0.310 e. The first-order valence-electron chi connectivity index (χ1n) is 13.6. The molecule has 38 heavy (non-hydrogen) atoms. The number of esters is 1. The van der Waals surface area contributed by atoms with Gasteiger partial charge < -0.3 is 20.5 Å². The second kappa shape index (κ2) is 13.4. The van der Waals surface area contributed by atoms with Gasteiger partial charge in [-0.3, -0.25) is 14.4 Å². The highest BCUT2D eigenvalue weighted by Crippen LogP contribution is 2.30. The highest BCUT2D eigenvalue weighted by molar-refractivity contribution is 5.86. The molecule has 1 fully saturated rings. The molecule has 0 unspecified atom stereocenters. The molecule has 2 aliphatic rings. The second-order valence-electron chi connectivity index (χ2n) is 10.5. The molecular weight excluding hydrogens is 480 g/mol. The fourth-order valence-corrected chi connectivity index (χ4v) is 5.38. The van der Waals surface area contributed by atoms with E-state index in [0.29, 0.717) is 19.3 Å².